The summed E-state index contributed by atoms with van der Waals surface area (Å²) < 4.78 is 32.5. The lowest BCUT2D eigenvalue weighted by atomic mass is 9.54. The van der Waals surface area contributed by atoms with E-state index in [1.807, 2.05) is 0 Å². The van der Waals surface area contributed by atoms with Crippen molar-refractivity contribution >= 4 is 25.8 Å². The van der Waals surface area contributed by atoms with Crippen LogP contribution >= 0.6 is 10.7 Å². The number of halogens is 1. The molecule has 1 aromatic rings. The van der Waals surface area contributed by atoms with Gasteiger partial charge >= 0.3 is 9.24 Å². The lowest BCUT2D eigenvalue weighted by Gasteiger charge is -2.51. The molecular formula is C16H18ClNO3S. The van der Waals surface area contributed by atoms with Crippen LogP contribution in [0.1, 0.15) is 49.7 Å². The predicted octanol–water partition coefficient (Wildman–Crippen LogP) is 3.49. The normalized spacial score (nSPS) is 35.4. The van der Waals surface area contributed by atoms with Gasteiger partial charge < -0.3 is 4.74 Å². The second-order valence-corrected chi connectivity index (χ2v) is 8.79. The summed E-state index contributed by atoms with van der Waals surface area (Å²) in [5.74, 6) is 0.286. The number of benzene rings is 1. The highest BCUT2D eigenvalue weighted by molar-refractivity contribution is 8.12. The van der Waals surface area contributed by atoms with Gasteiger partial charge in [0.2, 0.25) is 5.90 Å². The van der Waals surface area contributed by atoms with Gasteiger partial charge in [0.25, 0.3) is 0 Å². The van der Waals surface area contributed by atoms with Crippen molar-refractivity contribution in [2.45, 2.75) is 56.0 Å². The van der Waals surface area contributed by atoms with Crippen molar-refractivity contribution in [2.75, 3.05) is 0 Å². The van der Waals surface area contributed by atoms with Gasteiger partial charge in [-0.25, -0.2) is 0 Å². The van der Waals surface area contributed by atoms with Crippen molar-refractivity contribution in [1.29, 1.82) is 0 Å². The van der Waals surface area contributed by atoms with Gasteiger partial charge in [-0.2, -0.15) is 8.42 Å². The number of ether oxygens (including phenoxy) is 1. The van der Waals surface area contributed by atoms with E-state index in [-0.39, 0.29) is 16.9 Å². The molecule has 4 nitrogen and oxygen atoms in total. The van der Waals surface area contributed by atoms with Crippen LogP contribution in [0, 0.1) is 0 Å². The van der Waals surface area contributed by atoms with Crippen molar-refractivity contribution in [1.82, 2.24) is 0 Å². The lowest BCUT2D eigenvalue weighted by Crippen LogP contribution is -2.53. The summed E-state index contributed by atoms with van der Waals surface area (Å²) in [5, 5.41) is 0. The smallest absolute Gasteiger partial charge is 0.342 e. The minimum absolute atomic E-state index is 0.138. The summed E-state index contributed by atoms with van der Waals surface area (Å²) in [5.41, 5.74) is 2.23. The highest BCUT2D eigenvalue weighted by atomic mass is 35.7. The molecule has 2 atom stereocenters. The van der Waals surface area contributed by atoms with Crippen molar-refractivity contribution in [3.8, 4) is 0 Å². The fourth-order valence-electron chi connectivity index (χ4n) is 4.83. The van der Waals surface area contributed by atoms with Gasteiger partial charge in [0, 0.05) is 22.5 Å². The molecule has 0 radical (unpaired) electrons. The monoisotopic (exact) mass is 339 g/mol. The Labute approximate surface area is 135 Å². The van der Waals surface area contributed by atoms with Gasteiger partial charge in [-0.3, -0.25) is 0 Å². The molecule has 1 saturated heterocycles. The number of hydrogen-bond acceptors (Lipinski definition) is 3. The maximum absolute atomic E-state index is 11.3. The molecule has 1 aliphatic heterocycles. The molecule has 118 valence electrons. The minimum atomic E-state index is -3.94. The Balaban J connectivity index is 1.89. The van der Waals surface area contributed by atoms with Crippen LogP contribution in [0.3, 0.4) is 0 Å². The number of aryl methyl sites for hydroxylation is 1. The van der Waals surface area contributed by atoms with E-state index >= 15 is 0 Å². The first-order chi connectivity index (χ1) is 10.4. The molecule has 6 heteroatoms. The average molecular weight is 340 g/mol. The van der Waals surface area contributed by atoms with E-state index in [1.54, 1.807) is 0 Å². The van der Waals surface area contributed by atoms with Crippen LogP contribution in [0.2, 0.25) is 0 Å². The zero-order valence-corrected chi connectivity index (χ0v) is 13.8. The van der Waals surface area contributed by atoms with Gasteiger partial charge in [0.15, 0.2) is 0 Å². The third kappa shape index (κ3) is 2.02. The molecule has 2 fully saturated rings. The van der Waals surface area contributed by atoms with Crippen LogP contribution in [0.25, 0.3) is 0 Å². The molecule has 0 aromatic heterocycles. The second kappa shape index (κ2) is 4.71. The van der Waals surface area contributed by atoms with E-state index in [9.17, 15) is 8.42 Å². The molecule has 0 amide bonds. The van der Waals surface area contributed by atoms with Crippen molar-refractivity contribution in [2.24, 2.45) is 4.40 Å². The molecule has 1 aromatic carbocycles. The molecule has 2 unspecified atom stereocenters. The standard InChI is InChI=1S/C16H18ClNO3S/c17-22(19,20)18-14-11-15-8-3-4-9-16(15,21-14)10-7-12-5-1-2-6-13(12)15/h1-2,5-6H,3-4,7-11H2. The van der Waals surface area contributed by atoms with Crippen molar-refractivity contribution < 1.29 is 13.2 Å². The van der Waals surface area contributed by atoms with E-state index in [1.165, 1.54) is 11.1 Å². The van der Waals surface area contributed by atoms with Gasteiger partial charge in [-0.15, -0.1) is 4.40 Å². The van der Waals surface area contributed by atoms with Crippen LogP contribution in [-0.4, -0.2) is 19.9 Å². The van der Waals surface area contributed by atoms with Crippen molar-refractivity contribution in [3.63, 3.8) is 0 Å². The summed E-state index contributed by atoms with van der Waals surface area (Å²) >= 11 is 0. The summed E-state index contributed by atoms with van der Waals surface area (Å²) in [4.78, 5) is 0. The number of hydrogen-bond donors (Lipinski definition) is 0. The van der Waals surface area contributed by atoms with E-state index in [0.717, 1.165) is 38.5 Å². The van der Waals surface area contributed by atoms with E-state index in [2.05, 4.69) is 28.7 Å². The summed E-state index contributed by atoms with van der Waals surface area (Å²) in [7, 11) is 1.37. The third-order valence-corrected chi connectivity index (χ3v) is 6.24. The highest BCUT2D eigenvalue weighted by Gasteiger charge is 2.63. The number of fused-ring (bicyclic) bond motifs is 1. The summed E-state index contributed by atoms with van der Waals surface area (Å²) in [6.07, 6.45) is 6.67. The first kappa shape index (κ1) is 14.5. The molecular weight excluding hydrogens is 322 g/mol. The van der Waals surface area contributed by atoms with E-state index in [0.29, 0.717) is 6.42 Å². The van der Waals surface area contributed by atoms with Crippen LogP contribution in [0.15, 0.2) is 28.7 Å². The van der Waals surface area contributed by atoms with Gasteiger partial charge in [0.1, 0.15) is 5.60 Å². The molecule has 1 saturated carbocycles. The molecule has 4 rings (SSSR count). The molecule has 3 aliphatic rings. The highest BCUT2D eigenvalue weighted by Crippen LogP contribution is 2.60. The summed E-state index contributed by atoms with van der Waals surface area (Å²) in [6.45, 7) is 0. The zero-order valence-electron chi connectivity index (χ0n) is 12.2. The Morgan fingerprint density at radius 2 is 1.91 bits per heavy atom. The predicted molar refractivity (Wildman–Crippen MR) is 85.5 cm³/mol. The number of rotatable bonds is 1. The van der Waals surface area contributed by atoms with Gasteiger partial charge in [0.05, 0.1) is 0 Å². The Morgan fingerprint density at radius 1 is 1.14 bits per heavy atom. The maximum Gasteiger partial charge on any atom is 0.342 e. The third-order valence-electron chi connectivity index (χ3n) is 5.61. The first-order valence-electron chi connectivity index (χ1n) is 7.75. The zero-order chi connectivity index (χ0) is 15.4. The second-order valence-electron chi connectivity index (χ2n) is 6.62. The van der Waals surface area contributed by atoms with Crippen LogP contribution in [0.4, 0.5) is 0 Å². The fourth-order valence-corrected chi connectivity index (χ4v) is 5.40. The average Bonchev–Trinajstić information content (AvgIpc) is 2.79. The van der Waals surface area contributed by atoms with E-state index in [4.69, 9.17) is 15.4 Å². The van der Waals surface area contributed by atoms with Crippen LogP contribution in [-0.2, 0) is 25.8 Å². The topological polar surface area (TPSA) is 55.7 Å². The Hall–Kier alpha value is -1.07. The maximum atomic E-state index is 11.3. The van der Waals surface area contributed by atoms with Gasteiger partial charge in [-0.05, 0) is 43.2 Å². The van der Waals surface area contributed by atoms with Crippen LogP contribution < -0.4 is 0 Å². The minimum Gasteiger partial charge on any atom is -0.473 e. The molecule has 22 heavy (non-hydrogen) atoms. The van der Waals surface area contributed by atoms with Crippen molar-refractivity contribution in [3.05, 3.63) is 35.4 Å². The lowest BCUT2D eigenvalue weighted by molar-refractivity contribution is -0.0324. The van der Waals surface area contributed by atoms with Gasteiger partial charge in [-0.1, -0.05) is 30.7 Å². The molecule has 1 heterocycles. The quantitative estimate of drug-likeness (QED) is 0.736. The largest absolute Gasteiger partial charge is 0.473 e. The Bertz CT molecular complexity index is 760. The van der Waals surface area contributed by atoms with Crippen LogP contribution in [0.5, 0.6) is 0 Å². The fraction of sp³-hybridized carbons (Fsp3) is 0.562. The number of nitrogens with zero attached hydrogens (tertiary/aromatic N) is 1. The van der Waals surface area contributed by atoms with E-state index < -0.39 is 9.24 Å². The SMILES string of the molecule is O=S(=O)(Cl)N=C1CC23CCCCC2(CCc2ccccc23)O1. The summed E-state index contributed by atoms with van der Waals surface area (Å²) in [6, 6.07) is 8.48. The Kier molecular flexibility index (Phi) is 3.11. The molecule has 0 spiro atoms. The first-order valence-corrected chi connectivity index (χ1v) is 10.0. The molecule has 2 aliphatic carbocycles. The molecule has 0 N–H and O–H groups in total. The Morgan fingerprint density at radius 3 is 2.73 bits per heavy atom. The molecule has 0 bridgehead atoms.